The van der Waals surface area contributed by atoms with Gasteiger partial charge in [-0.1, -0.05) is 18.2 Å². The highest BCUT2D eigenvalue weighted by Gasteiger charge is 2.23. The Morgan fingerprint density at radius 2 is 2.19 bits per heavy atom. The van der Waals surface area contributed by atoms with E-state index in [1.165, 1.54) is 5.56 Å². The molecule has 4 heteroatoms. The van der Waals surface area contributed by atoms with Crippen LogP contribution in [0.3, 0.4) is 0 Å². The van der Waals surface area contributed by atoms with E-state index >= 15 is 0 Å². The van der Waals surface area contributed by atoms with E-state index in [0.29, 0.717) is 23.8 Å². The topological polar surface area (TPSA) is 54.3 Å². The highest BCUT2D eigenvalue weighted by Crippen LogP contribution is 2.34. The lowest BCUT2D eigenvalue weighted by atomic mass is 10.0. The highest BCUT2D eigenvalue weighted by atomic mass is 16.5. The first-order chi connectivity index (χ1) is 10.3. The molecule has 1 aliphatic heterocycles. The monoisotopic (exact) mass is 280 g/mol. The van der Waals surface area contributed by atoms with Crippen LogP contribution in [-0.2, 0) is 0 Å². The number of nitrogens with zero attached hydrogens (tertiary/aromatic N) is 1. The molecule has 2 aromatic rings. The third-order valence-electron chi connectivity index (χ3n) is 3.67. The predicted molar refractivity (Wildman–Crippen MR) is 80.9 cm³/mol. The number of benzene rings is 2. The maximum Gasteiger partial charge on any atom is 0.143 e. The maximum atomic E-state index is 8.92. The number of rotatable bonds is 4. The second kappa shape index (κ2) is 5.76. The molecule has 21 heavy (non-hydrogen) atoms. The molecule has 1 atom stereocenters. The van der Waals surface area contributed by atoms with Crippen LogP contribution in [0.2, 0.25) is 0 Å². The first-order valence-electron chi connectivity index (χ1n) is 6.85. The summed E-state index contributed by atoms with van der Waals surface area (Å²) in [5, 5.41) is 12.3. The first-order valence-corrected chi connectivity index (χ1v) is 6.85. The van der Waals surface area contributed by atoms with E-state index in [1.54, 1.807) is 19.2 Å². The van der Waals surface area contributed by atoms with Crippen molar-refractivity contribution < 1.29 is 9.47 Å². The van der Waals surface area contributed by atoms with Gasteiger partial charge in [-0.05, 0) is 18.2 Å². The molecular weight excluding hydrogens is 264 g/mol. The number of nitriles is 1. The molecule has 0 spiro atoms. The van der Waals surface area contributed by atoms with E-state index in [0.717, 1.165) is 18.0 Å². The molecule has 1 heterocycles. The van der Waals surface area contributed by atoms with Crippen molar-refractivity contribution in [1.82, 2.24) is 0 Å². The van der Waals surface area contributed by atoms with Crippen LogP contribution < -0.4 is 14.8 Å². The average Bonchev–Trinajstić information content (AvgIpc) is 2.96. The summed E-state index contributed by atoms with van der Waals surface area (Å²) < 4.78 is 11.0. The Bertz CT molecular complexity index is 691. The fraction of sp³-hybridized carbons (Fsp3) is 0.235. The van der Waals surface area contributed by atoms with Crippen LogP contribution in [0.5, 0.6) is 11.5 Å². The van der Waals surface area contributed by atoms with Crippen molar-refractivity contribution in [2.45, 2.75) is 5.92 Å². The molecule has 3 rings (SSSR count). The Morgan fingerprint density at radius 1 is 1.33 bits per heavy atom. The van der Waals surface area contributed by atoms with Gasteiger partial charge in [0, 0.05) is 24.1 Å². The SMILES string of the molecule is COc1cc(C#N)ccc1NCC1COc2ccccc21. The summed E-state index contributed by atoms with van der Waals surface area (Å²) in [6.45, 7) is 1.45. The number of fused-ring (bicyclic) bond motifs is 1. The van der Waals surface area contributed by atoms with E-state index in [2.05, 4.69) is 17.5 Å². The molecule has 0 aliphatic carbocycles. The van der Waals surface area contributed by atoms with Gasteiger partial charge in [0.15, 0.2) is 0 Å². The van der Waals surface area contributed by atoms with Gasteiger partial charge >= 0.3 is 0 Å². The number of para-hydroxylation sites is 1. The fourth-order valence-electron chi connectivity index (χ4n) is 2.54. The van der Waals surface area contributed by atoms with E-state index < -0.39 is 0 Å². The summed E-state index contributed by atoms with van der Waals surface area (Å²) >= 11 is 0. The lowest BCUT2D eigenvalue weighted by Crippen LogP contribution is -2.14. The second-order valence-electron chi connectivity index (χ2n) is 4.95. The molecule has 2 aromatic carbocycles. The van der Waals surface area contributed by atoms with Gasteiger partial charge < -0.3 is 14.8 Å². The van der Waals surface area contributed by atoms with Crippen molar-refractivity contribution in [1.29, 1.82) is 5.26 Å². The molecule has 0 fully saturated rings. The quantitative estimate of drug-likeness (QED) is 0.934. The predicted octanol–water partition coefficient (Wildman–Crippen LogP) is 3.15. The molecule has 0 bridgehead atoms. The largest absolute Gasteiger partial charge is 0.495 e. The van der Waals surface area contributed by atoms with Gasteiger partial charge in [-0.15, -0.1) is 0 Å². The third kappa shape index (κ3) is 2.63. The van der Waals surface area contributed by atoms with Crippen molar-refractivity contribution >= 4 is 5.69 Å². The van der Waals surface area contributed by atoms with Crippen LogP contribution in [-0.4, -0.2) is 20.3 Å². The molecular formula is C17H16N2O2. The van der Waals surface area contributed by atoms with Gasteiger partial charge in [0.05, 0.1) is 31.0 Å². The Morgan fingerprint density at radius 3 is 3.00 bits per heavy atom. The van der Waals surface area contributed by atoms with E-state index in [1.807, 2.05) is 24.3 Å². The van der Waals surface area contributed by atoms with Gasteiger partial charge in [-0.2, -0.15) is 5.26 Å². The molecule has 0 aromatic heterocycles. The Hall–Kier alpha value is -2.67. The second-order valence-corrected chi connectivity index (χ2v) is 4.95. The molecule has 0 amide bonds. The smallest absolute Gasteiger partial charge is 0.143 e. The van der Waals surface area contributed by atoms with Crippen LogP contribution in [0.25, 0.3) is 0 Å². The number of ether oxygens (including phenoxy) is 2. The summed E-state index contributed by atoms with van der Waals surface area (Å²) in [4.78, 5) is 0. The van der Waals surface area contributed by atoms with Crippen LogP contribution in [0.4, 0.5) is 5.69 Å². The fourth-order valence-corrected chi connectivity index (χ4v) is 2.54. The maximum absolute atomic E-state index is 8.92. The zero-order valence-electron chi connectivity index (χ0n) is 11.8. The molecule has 1 aliphatic rings. The zero-order valence-corrected chi connectivity index (χ0v) is 11.8. The van der Waals surface area contributed by atoms with E-state index in [9.17, 15) is 0 Å². The molecule has 106 valence electrons. The molecule has 4 nitrogen and oxygen atoms in total. The number of methoxy groups -OCH3 is 1. The van der Waals surface area contributed by atoms with Crippen molar-refractivity contribution in [3.63, 3.8) is 0 Å². The summed E-state index contributed by atoms with van der Waals surface area (Å²) in [5.74, 6) is 1.97. The van der Waals surface area contributed by atoms with Crippen LogP contribution in [0, 0.1) is 11.3 Å². The number of nitrogens with one attached hydrogen (secondary N) is 1. The Balaban J connectivity index is 1.73. The van der Waals surface area contributed by atoms with Gasteiger partial charge in [0.2, 0.25) is 0 Å². The van der Waals surface area contributed by atoms with E-state index in [4.69, 9.17) is 14.7 Å². The molecule has 0 radical (unpaired) electrons. The first kappa shape index (κ1) is 13.3. The standard InChI is InChI=1S/C17H16N2O2/c1-20-17-8-12(9-18)6-7-15(17)19-10-13-11-21-16-5-3-2-4-14(13)16/h2-8,13,19H,10-11H2,1H3. The lowest BCUT2D eigenvalue weighted by Gasteiger charge is -2.14. The molecule has 0 saturated heterocycles. The van der Waals surface area contributed by atoms with Crippen molar-refractivity contribution in [2.24, 2.45) is 0 Å². The van der Waals surface area contributed by atoms with E-state index in [-0.39, 0.29) is 0 Å². The average molecular weight is 280 g/mol. The molecule has 0 saturated carbocycles. The Labute approximate surface area is 123 Å². The minimum absolute atomic E-state index is 0.321. The normalized spacial score (nSPS) is 15.7. The van der Waals surface area contributed by atoms with Crippen LogP contribution in [0.15, 0.2) is 42.5 Å². The number of anilines is 1. The highest BCUT2D eigenvalue weighted by molar-refractivity contribution is 5.59. The Kier molecular flexibility index (Phi) is 3.65. The molecule has 1 N–H and O–H groups in total. The summed E-state index contributed by atoms with van der Waals surface area (Å²) in [5.41, 5.74) is 2.71. The minimum Gasteiger partial charge on any atom is -0.495 e. The summed E-state index contributed by atoms with van der Waals surface area (Å²) in [6, 6.07) is 15.6. The molecule has 1 unspecified atom stereocenters. The van der Waals surface area contributed by atoms with Crippen LogP contribution in [0.1, 0.15) is 17.0 Å². The number of hydrogen-bond acceptors (Lipinski definition) is 4. The van der Waals surface area contributed by atoms with Gasteiger partial charge in [0.25, 0.3) is 0 Å². The minimum atomic E-state index is 0.321. The van der Waals surface area contributed by atoms with Crippen LogP contribution >= 0.6 is 0 Å². The zero-order chi connectivity index (χ0) is 14.7. The summed E-state index contributed by atoms with van der Waals surface area (Å²) in [7, 11) is 1.61. The van der Waals surface area contributed by atoms with Crippen molar-refractivity contribution in [3.05, 3.63) is 53.6 Å². The lowest BCUT2D eigenvalue weighted by molar-refractivity contribution is 0.334. The van der Waals surface area contributed by atoms with Gasteiger partial charge in [0.1, 0.15) is 11.5 Å². The third-order valence-corrected chi connectivity index (χ3v) is 3.67. The number of hydrogen-bond donors (Lipinski definition) is 1. The van der Waals surface area contributed by atoms with Crippen molar-refractivity contribution in [3.8, 4) is 17.6 Å². The summed E-state index contributed by atoms with van der Waals surface area (Å²) in [6.07, 6.45) is 0. The van der Waals surface area contributed by atoms with Gasteiger partial charge in [-0.25, -0.2) is 0 Å². The van der Waals surface area contributed by atoms with Gasteiger partial charge in [-0.3, -0.25) is 0 Å². The van der Waals surface area contributed by atoms with Crippen molar-refractivity contribution in [2.75, 3.05) is 25.6 Å².